The van der Waals surface area contributed by atoms with E-state index in [-0.39, 0.29) is 12.5 Å². The highest BCUT2D eigenvalue weighted by Crippen LogP contribution is 2.37. The molecule has 38 heavy (non-hydrogen) atoms. The molecule has 3 aromatic carbocycles. The predicted molar refractivity (Wildman–Crippen MR) is 152 cm³/mol. The first-order chi connectivity index (χ1) is 18.5. The highest BCUT2D eigenvalue weighted by molar-refractivity contribution is 5.90. The second-order valence-corrected chi connectivity index (χ2v) is 9.67. The first-order valence-corrected chi connectivity index (χ1v) is 13.5. The zero-order chi connectivity index (χ0) is 26.9. The SMILES string of the molecule is CCCCOc1ccc2c(c1)c(F)c(-c1ccc(OC)cc1C)n2Cc1ccc(CCNCCCF)cc1. The van der Waals surface area contributed by atoms with Crippen LogP contribution in [0.15, 0.2) is 60.7 Å². The molecule has 0 aliphatic heterocycles. The van der Waals surface area contributed by atoms with E-state index in [9.17, 15) is 4.39 Å². The van der Waals surface area contributed by atoms with Crippen LogP contribution in [0.3, 0.4) is 0 Å². The van der Waals surface area contributed by atoms with Crippen LogP contribution in [0.4, 0.5) is 8.78 Å². The topological polar surface area (TPSA) is 35.4 Å². The van der Waals surface area contributed by atoms with E-state index in [1.807, 2.05) is 43.3 Å². The molecule has 0 radical (unpaired) electrons. The van der Waals surface area contributed by atoms with Crippen LogP contribution < -0.4 is 14.8 Å². The predicted octanol–water partition coefficient (Wildman–Crippen LogP) is 7.48. The summed E-state index contributed by atoms with van der Waals surface area (Å²) in [6.07, 6.45) is 3.43. The molecule has 0 bridgehead atoms. The normalized spacial score (nSPS) is 11.3. The number of aromatic nitrogens is 1. The number of ether oxygens (including phenoxy) is 2. The molecule has 4 nitrogen and oxygen atoms in total. The number of benzene rings is 3. The largest absolute Gasteiger partial charge is 0.497 e. The summed E-state index contributed by atoms with van der Waals surface area (Å²) in [6, 6.07) is 19.9. The van der Waals surface area contributed by atoms with Crippen molar-refractivity contribution < 1.29 is 18.3 Å². The number of nitrogens with zero attached hydrogens (tertiary/aromatic N) is 1. The highest BCUT2D eigenvalue weighted by Gasteiger charge is 2.21. The molecule has 202 valence electrons. The van der Waals surface area contributed by atoms with Crippen LogP contribution >= 0.6 is 0 Å². The lowest BCUT2D eigenvalue weighted by molar-refractivity contribution is 0.309. The summed E-state index contributed by atoms with van der Waals surface area (Å²) in [7, 11) is 1.63. The van der Waals surface area contributed by atoms with E-state index >= 15 is 4.39 Å². The van der Waals surface area contributed by atoms with E-state index < -0.39 is 0 Å². The average molecular weight is 521 g/mol. The van der Waals surface area contributed by atoms with Gasteiger partial charge < -0.3 is 19.4 Å². The van der Waals surface area contributed by atoms with Gasteiger partial charge >= 0.3 is 0 Å². The van der Waals surface area contributed by atoms with Crippen LogP contribution in [0.1, 0.15) is 42.9 Å². The molecule has 1 heterocycles. The quantitative estimate of drug-likeness (QED) is 0.175. The number of aryl methyl sites for hydroxylation is 1. The molecule has 0 fully saturated rings. The molecule has 4 rings (SSSR count). The van der Waals surface area contributed by atoms with Crippen molar-refractivity contribution in [2.75, 3.05) is 33.5 Å². The Hall–Kier alpha value is -3.38. The summed E-state index contributed by atoms with van der Waals surface area (Å²) < 4.78 is 41.8. The number of nitrogens with one attached hydrogen (secondary N) is 1. The van der Waals surface area contributed by atoms with E-state index in [0.717, 1.165) is 53.8 Å². The fourth-order valence-corrected chi connectivity index (χ4v) is 4.72. The maximum Gasteiger partial charge on any atom is 0.156 e. The number of alkyl halides is 1. The van der Waals surface area contributed by atoms with Crippen molar-refractivity contribution in [3.63, 3.8) is 0 Å². The van der Waals surface area contributed by atoms with Gasteiger partial charge in [-0.2, -0.15) is 0 Å². The summed E-state index contributed by atoms with van der Waals surface area (Å²) in [6.45, 7) is 6.47. The summed E-state index contributed by atoms with van der Waals surface area (Å²) in [5.41, 5.74) is 5.48. The first-order valence-electron chi connectivity index (χ1n) is 13.5. The van der Waals surface area contributed by atoms with Gasteiger partial charge in [0.25, 0.3) is 0 Å². The van der Waals surface area contributed by atoms with Crippen molar-refractivity contribution in [2.24, 2.45) is 0 Å². The monoisotopic (exact) mass is 520 g/mol. The molecule has 4 aromatic rings. The minimum Gasteiger partial charge on any atom is -0.497 e. The van der Waals surface area contributed by atoms with Gasteiger partial charge in [0.2, 0.25) is 0 Å². The van der Waals surface area contributed by atoms with E-state index in [1.165, 1.54) is 5.56 Å². The Bertz CT molecular complexity index is 1330. The molecule has 0 saturated carbocycles. The number of rotatable bonds is 14. The van der Waals surface area contributed by atoms with E-state index in [0.29, 0.717) is 42.9 Å². The standard InChI is InChI=1S/C32H38F2N2O2/c1-4-5-19-38-27-12-14-30-29(21-27)31(34)32(28-13-11-26(37-3)20-23(28)2)36(30)22-25-9-7-24(8-10-25)15-18-35-17-6-16-33/h7-14,20-21,35H,4-6,15-19,22H2,1-3H3. The number of unbranched alkanes of at least 4 members (excludes halogenated alkanes) is 1. The first kappa shape index (κ1) is 27.6. The lowest BCUT2D eigenvalue weighted by Gasteiger charge is -2.14. The van der Waals surface area contributed by atoms with E-state index in [1.54, 1.807) is 7.11 Å². The zero-order valence-corrected chi connectivity index (χ0v) is 22.7. The minimum absolute atomic E-state index is 0.245. The van der Waals surface area contributed by atoms with E-state index in [2.05, 4.69) is 41.1 Å². The van der Waals surface area contributed by atoms with Gasteiger partial charge in [0, 0.05) is 17.5 Å². The van der Waals surface area contributed by atoms with Crippen molar-refractivity contribution in [3.05, 3.63) is 83.2 Å². The second-order valence-electron chi connectivity index (χ2n) is 9.67. The molecule has 1 N–H and O–H groups in total. The van der Waals surface area contributed by atoms with Crippen LogP contribution in [0, 0.1) is 12.7 Å². The Morgan fingerprint density at radius 2 is 1.66 bits per heavy atom. The highest BCUT2D eigenvalue weighted by atomic mass is 19.1. The summed E-state index contributed by atoms with van der Waals surface area (Å²) in [5.74, 6) is 1.19. The Morgan fingerprint density at radius 1 is 0.895 bits per heavy atom. The fourth-order valence-electron chi connectivity index (χ4n) is 4.72. The van der Waals surface area contributed by atoms with Crippen molar-refractivity contribution >= 4 is 10.9 Å². The Labute approximate surface area is 224 Å². The van der Waals surface area contributed by atoms with Gasteiger partial charge in [-0.25, -0.2) is 4.39 Å². The molecule has 6 heteroatoms. The number of halogens is 2. The molecule has 0 amide bonds. The van der Waals surface area contributed by atoms with Crippen LogP contribution in [0.5, 0.6) is 11.5 Å². The van der Waals surface area contributed by atoms with Gasteiger partial charge in [-0.05, 0) is 92.4 Å². The van der Waals surface area contributed by atoms with Crippen molar-refractivity contribution in [1.82, 2.24) is 9.88 Å². The number of hydrogen-bond donors (Lipinski definition) is 1. The van der Waals surface area contributed by atoms with Crippen LogP contribution in [0.25, 0.3) is 22.2 Å². The van der Waals surface area contributed by atoms with Crippen LogP contribution in [-0.2, 0) is 13.0 Å². The lowest BCUT2D eigenvalue weighted by Crippen LogP contribution is -2.18. The summed E-state index contributed by atoms with van der Waals surface area (Å²) in [4.78, 5) is 0. The second kappa shape index (κ2) is 13.4. The molecular formula is C32H38F2N2O2. The maximum atomic E-state index is 16.2. The molecule has 0 atom stereocenters. The summed E-state index contributed by atoms with van der Waals surface area (Å²) in [5, 5.41) is 3.82. The molecular weight excluding hydrogens is 482 g/mol. The maximum absolute atomic E-state index is 16.2. The zero-order valence-electron chi connectivity index (χ0n) is 22.7. The molecule has 0 saturated heterocycles. The van der Waals surface area contributed by atoms with Gasteiger partial charge in [-0.1, -0.05) is 37.6 Å². The third kappa shape index (κ3) is 6.54. The molecule has 0 aliphatic carbocycles. The Balaban J connectivity index is 1.67. The average Bonchev–Trinajstić information content (AvgIpc) is 3.20. The number of hydrogen-bond acceptors (Lipinski definition) is 3. The molecule has 0 aliphatic rings. The fraction of sp³-hybridized carbons (Fsp3) is 0.375. The smallest absolute Gasteiger partial charge is 0.156 e. The van der Waals surface area contributed by atoms with Crippen molar-refractivity contribution in [2.45, 2.75) is 46.1 Å². The van der Waals surface area contributed by atoms with E-state index in [4.69, 9.17) is 9.47 Å². The summed E-state index contributed by atoms with van der Waals surface area (Å²) >= 11 is 0. The Morgan fingerprint density at radius 3 is 2.37 bits per heavy atom. The lowest BCUT2D eigenvalue weighted by atomic mass is 10.0. The third-order valence-corrected chi connectivity index (χ3v) is 6.87. The van der Waals surface area contributed by atoms with Gasteiger partial charge in [-0.15, -0.1) is 0 Å². The Kier molecular flexibility index (Phi) is 9.77. The van der Waals surface area contributed by atoms with Gasteiger partial charge in [0.1, 0.15) is 11.5 Å². The van der Waals surface area contributed by atoms with Gasteiger partial charge in [0.05, 0.1) is 31.6 Å². The number of fused-ring (bicyclic) bond motifs is 1. The van der Waals surface area contributed by atoms with Crippen LogP contribution in [0.2, 0.25) is 0 Å². The molecule has 0 spiro atoms. The minimum atomic E-state index is -0.290. The van der Waals surface area contributed by atoms with Gasteiger partial charge in [0.15, 0.2) is 5.82 Å². The van der Waals surface area contributed by atoms with Crippen molar-refractivity contribution in [3.8, 4) is 22.8 Å². The van der Waals surface area contributed by atoms with Crippen LogP contribution in [-0.4, -0.2) is 38.0 Å². The van der Waals surface area contributed by atoms with Gasteiger partial charge in [-0.3, -0.25) is 4.39 Å². The molecule has 1 aromatic heterocycles. The van der Waals surface area contributed by atoms with Crippen molar-refractivity contribution in [1.29, 1.82) is 0 Å². The third-order valence-electron chi connectivity index (χ3n) is 6.87. The number of methoxy groups -OCH3 is 1. The molecule has 0 unspecified atom stereocenters.